The summed E-state index contributed by atoms with van der Waals surface area (Å²) in [6.45, 7) is 4.70. The third kappa shape index (κ3) is 3.34. The van der Waals surface area contributed by atoms with Crippen LogP contribution in [0.1, 0.15) is 29.7 Å². The minimum atomic E-state index is -0.218. The minimum absolute atomic E-state index is 0.0897. The molecule has 0 fully saturated rings. The molecule has 0 saturated carbocycles. The molecule has 0 heterocycles. The van der Waals surface area contributed by atoms with Gasteiger partial charge in [0.25, 0.3) is 0 Å². The van der Waals surface area contributed by atoms with E-state index in [4.69, 9.17) is 11.6 Å². The average molecular weight is 278 g/mol. The van der Waals surface area contributed by atoms with Gasteiger partial charge in [-0.1, -0.05) is 42.8 Å². The topological polar surface area (TPSA) is 12.0 Å². The Hall–Kier alpha value is -1.38. The molecular weight excluding hydrogens is 261 g/mol. The number of halogens is 2. The van der Waals surface area contributed by atoms with Crippen molar-refractivity contribution in [3.05, 3.63) is 70.0 Å². The van der Waals surface area contributed by atoms with E-state index in [1.54, 1.807) is 6.07 Å². The average Bonchev–Trinajstić information content (AvgIpc) is 2.36. The zero-order valence-electron chi connectivity index (χ0n) is 11.1. The van der Waals surface area contributed by atoms with Gasteiger partial charge in [0.05, 0.1) is 6.04 Å². The van der Waals surface area contributed by atoms with E-state index in [1.165, 1.54) is 6.07 Å². The van der Waals surface area contributed by atoms with Crippen molar-refractivity contribution in [3.63, 3.8) is 0 Å². The van der Waals surface area contributed by atoms with E-state index in [2.05, 4.69) is 5.32 Å². The Morgan fingerprint density at radius 2 is 1.95 bits per heavy atom. The predicted octanol–water partition coefficient (Wildman–Crippen LogP) is 4.49. The van der Waals surface area contributed by atoms with Crippen LogP contribution in [0.5, 0.6) is 0 Å². The molecule has 0 bridgehead atoms. The Balaban J connectivity index is 2.48. The predicted molar refractivity (Wildman–Crippen MR) is 78.1 cm³/mol. The van der Waals surface area contributed by atoms with Gasteiger partial charge in [0.1, 0.15) is 5.82 Å². The molecule has 0 radical (unpaired) electrons. The smallest absolute Gasteiger partial charge is 0.123 e. The molecule has 1 nitrogen and oxygen atoms in total. The largest absolute Gasteiger partial charge is 0.306 e. The van der Waals surface area contributed by atoms with Gasteiger partial charge in [-0.15, -0.1) is 0 Å². The van der Waals surface area contributed by atoms with Gasteiger partial charge >= 0.3 is 0 Å². The van der Waals surface area contributed by atoms with E-state index in [0.29, 0.717) is 5.02 Å². The summed E-state index contributed by atoms with van der Waals surface area (Å²) in [5, 5.41) is 4.05. The van der Waals surface area contributed by atoms with Crippen LogP contribution in [-0.4, -0.2) is 6.54 Å². The zero-order chi connectivity index (χ0) is 13.8. The van der Waals surface area contributed by atoms with Crippen LogP contribution in [0.2, 0.25) is 5.02 Å². The summed E-state index contributed by atoms with van der Waals surface area (Å²) in [4.78, 5) is 0. The SMILES string of the molecule is CCNC(c1cc(C)cc(F)c1)c1ccccc1Cl. The molecule has 2 rings (SSSR count). The van der Waals surface area contributed by atoms with E-state index in [1.807, 2.05) is 44.2 Å². The van der Waals surface area contributed by atoms with Crippen LogP contribution in [0.15, 0.2) is 42.5 Å². The lowest BCUT2D eigenvalue weighted by molar-refractivity contribution is 0.602. The van der Waals surface area contributed by atoms with Gasteiger partial charge < -0.3 is 5.32 Å². The summed E-state index contributed by atoms with van der Waals surface area (Å²) in [5.74, 6) is -0.218. The maximum absolute atomic E-state index is 13.6. The second kappa shape index (κ2) is 6.18. The zero-order valence-corrected chi connectivity index (χ0v) is 11.8. The molecule has 100 valence electrons. The van der Waals surface area contributed by atoms with E-state index in [-0.39, 0.29) is 11.9 Å². The standard InChI is InChI=1S/C16H17ClFN/c1-3-19-16(14-6-4-5-7-15(14)17)12-8-11(2)9-13(18)10-12/h4-10,16,19H,3H2,1-2H3. The molecule has 0 aliphatic carbocycles. The molecule has 0 aromatic heterocycles. The summed E-state index contributed by atoms with van der Waals surface area (Å²) in [7, 11) is 0. The molecule has 1 unspecified atom stereocenters. The number of aryl methyl sites for hydroxylation is 1. The third-order valence-corrected chi connectivity index (χ3v) is 3.37. The normalized spacial score (nSPS) is 12.4. The molecule has 1 atom stereocenters. The molecule has 0 aliphatic rings. The van der Waals surface area contributed by atoms with Gasteiger partial charge in [0, 0.05) is 5.02 Å². The van der Waals surface area contributed by atoms with Gasteiger partial charge in [-0.3, -0.25) is 0 Å². The highest BCUT2D eigenvalue weighted by atomic mass is 35.5. The first-order valence-electron chi connectivity index (χ1n) is 6.36. The van der Waals surface area contributed by atoms with Crippen molar-refractivity contribution in [2.24, 2.45) is 0 Å². The maximum atomic E-state index is 13.6. The first kappa shape index (κ1) is 14.0. The van der Waals surface area contributed by atoms with Crippen molar-refractivity contribution in [2.75, 3.05) is 6.54 Å². The lowest BCUT2D eigenvalue weighted by Gasteiger charge is -2.20. The van der Waals surface area contributed by atoms with Crippen LogP contribution in [-0.2, 0) is 0 Å². The first-order chi connectivity index (χ1) is 9.11. The summed E-state index contributed by atoms with van der Waals surface area (Å²) < 4.78 is 13.6. The summed E-state index contributed by atoms with van der Waals surface area (Å²) in [6, 6.07) is 12.6. The quantitative estimate of drug-likeness (QED) is 0.868. The Labute approximate surface area is 118 Å². The van der Waals surface area contributed by atoms with Gasteiger partial charge in [0.15, 0.2) is 0 Å². The second-order valence-corrected chi connectivity index (χ2v) is 4.98. The molecule has 2 aromatic rings. The van der Waals surface area contributed by atoms with Crippen LogP contribution in [0.3, 0.4) is 0 Å². The molecule has 0 saturated heterocycles. The van der Waals surface area contributed by atoms with Crippen molar-refractivity contribution in [1.82, 2.24) is 5.32 Å². The Morgan fingerprint density at radius 1 is 1.21 bits per heavy atom. The summed E-state index contributed by atoms with van der Waals surface area (Å²) in [6.07, 6.45) is 0. The monoisotopic (exact) mass is 277 g/mol. The van der Waals surface area contributed by atoms with Crippen molar-refractivity contribution in [2.45, 2.75) is 19.9 Å². The molecular formula is C16H17ClFN. The van der Waals surface area contributed by atoms with Crippen molar-refractivity contribution >= 4 is 11.6 Å². The first-order valence-corrected chi connectivity index (χ1v) is 6.74. The maximum Gasteiger partial charge on any atom is 0.123 e. The summed E-state index contributed by atoms with van der Waals surface area (Å²) >= 11 is 6.25. The van der Waals surface area contributed by atoms with E-state index < -0.39 is 0 Å². The Morgan fingerprint density at radius 3 is 2.58 bits per heavy atom. The fraction of sp³-hybridized carbons (Fsp3) is 0.250. The van der Waals surface area contributed by atoms with Crippen LogP contribution in [0.4, 0.5) is 4.39 Å². The van der Waals surface area contributed by atoms with E-state index in [0.717, 1.165) is 23.2 Å². The van der Waals surface area contributed by atoms with Crippen molar-refractivity contribution in [1.29, 1.82) is 0 Å². The van der Waals surface area contributed by atoms with E-state index in [9.17, 15) is 4.39 Å². The van der Waals surface area contributed by atoms with Crippen molar-refractivity contribution < 1.29 is 4.39 Å². The van der Waals surface area contributed by atoms with Gasteiger partial charge in [-0.05, 0) is 48.4 Å². The minimum Gasteiger partial charge on any atom is -0.306 e. The van der Waals surface area contributed by atoms with Crippen LogP contribution in [0.25, 0.3) is 0 Å². The van der Waals surface area contributed by atoms with Gasteiger partial charge in [-0.2, -0.15) is 0 Å². The molecule has 3 heteroatoms. The van der Waals surface area contributed by atoms with Gasteiger partial charge in [-0.25, -0.2) is 4.39 Å². The number of nitrogens with one attached hydrogen (secondary N) is 1. The number of benzene rings is 2. The highest BCUT2D eigenvalue weighted by Crippen LogP contribution is 2.29. The summed E-state index contributed by atoms with van der Waals surface area (Å²) in [5.41, 5.74) is 2.77. The number of hydrogen-bond donors (Lipinski definition) is 1. The van der Waals surface area contributed by atoms with Crippen LogP contribution < -0.4 is 5.32 Å². The van der Waals surface area contributed by atoms with Crippen molar-refractivity contribution in [3.8, 4) is 0 Å². The highest BCUT2D eigenvalue weighted by Gasteiger charge is 2.16. The fourth-order valence-corrected chi connectivity index (χ4v) is 2.50. The highest BCUT2D eigenvalue weighted by molar-refractivity contribution is 6.31. The Bertz CT molecular complexity index is 548. The second-order valence-electron chi connectivity index (χ2n) is 4.57. The van der Waals surface area contributed by atoms with Crippen LogP contribution >= 0.6 is 11.6 Å². The lowest BCUT2D eigenvalue weighted by Crippen LogP contribution is -2.22. The molecule has 0 aliphatic heterocycles. The molecule has 0 amide bonds. The Kier molecular flexibility index (Phi) is 4.56. The fourth-order valence-electron chi connectivity index (χ4n) is 2.25. The lowest BCUT2D eigenvalue weighted by atomic mass is 9.97. The molecule has 19 heavy (non-hydrogen) atoms. The van der Waals surface area contributed by atoms with Gasteiger partial charge in [0.2, 0.25) is 0 Å². The number of rotatable bonds is 4. The molecule has 1 N–H and O–H groups in total. The third-order valence-electron chi connectivity index (χ3n) is 3.02. The van der Waals surface area contributed by atoms with Crippen LogP contribution in [0, 0.1) is 12.7 Å². The molecule has 2 aromatic carbocycles. The van der Waals surface area contributed by atoms with E-state index >= 15 is 0 Å². The molecule has 0 spiro atoms. The number of hydrogen-bond acceptors (Lipinski definition) is 1.